The van der Waals surface area contributed by atoms with E-state index in [2.05, 4.69) is 0 Å². The maximum Gasteiger partial charge on any atom is 0.234 e. The van der Waals surface area contributed by atoms with Gasteiger partial charge in [-0.2, -0.15) is 0 Å². The molecule has 0 aliphatic heterocycles. The molecule has 0 amide bonds. The van der Waals surface area contributed by atoms with Crippen molar-refractivity contribution in [3.63, 3.8) is 0 Å². The van der Waals surface area contributed by atoms with E-state index in [1.807, 2.05) is 0 Å². The number of nitrogens with zero attached hydrogens (tertiary/aromatic N) is 1. The molecule has 6 heteroatoms. The zero-order valence-electron chi connectivity index (χ0n) is 9.98. The number of benzene rings is 1. The summed E-state index contributed by atoms with van der Waals surface area (Å²) in [6.45, 7) is 3.63. The molecule has 0 aliphatic carbocycles. The van der Waals surface area contributed by atoms with E-state index in [1.165, 1.54) is 19.1 Å². The van der Waals surface area contributed by atoms with Crippen LogP contribution in [0.25, 0.3) is 0 Å². The standard InChI is InChI=1S/C11H17FN2O2S/c1-3-14(17(15,16)4-2)11-6-5-9(8-13)7-10(11)12/h5-7H,3-4,8,13H2,1-2H3. The first-order valence-corrected chi connectivity index (χ1v) is 7.06. The van der Waals surface area contributed by atoms with Gasteiger partial charge in [-0.25, -0.2) is 12.8 Å². The minimum atomic E-state index is -3.44. The SMILES string of the molecule is CCN(c1ccc(CN)cc1F)S(=O)(=O)CC. The molecule has 0 saturated heterocycles. The van der Waals surface area contributed by atoms with E-state index in [0.717, 1.165) is 4.31 Å². The van der Waals surface area contributed by atoms with Gasteiger partial charge in [-0.1, -0.05) is 6.07 Å². The van der Waals surface area contributed by atoms with Crippen molar-refractivity contribution in [2.75, 3.05) is 16.6 Å². The van der Waals surface area contributed by atoms with Crippen LogP contribution in [-0.2, 0) is 16.6 Å². The topological polar surface area (TPSA) is 63.4 Å². The fourth-order valence-corrected chi connectivity index (χ4v) is 2.71. The van der Waals surface area contributed by atoms with Crippen molar-refractivity contribution in [1.82, 2.24) is 0 Å². The van der Waals surface area contributed by atoms with Gasteiger partial charge in [0.05, 0.1) is 11.4 Å². The lowest BCUT2D eigenvalue weighted by atomic mass is 10.2. The second-order valence-corrected chi connectivity index (χ2v) is 5.74. The number of anilines is 1. The molecule has 2 N–H and O–H groups in total. The average Bonchev–Trinajstić information content (AvgIpc) is 2.31. The van der Waals surface area contributed by atoms with Crippen LogP contribution in [0.2, 0.25) is 0 Å². The molecule has 0 spiro atoms. The molecule has 4 nitrogen and oxygen atoms in total. The molecule has 0 aromatic heterocycles. The molecular formula is C11H17FN2O2S. The van der Waals surface area contributed by atoms with Gasteiger partial charge in [0.1, 0.15) is 5.82 Å². The Morgan fingerprint density at radius 1 is 1.35 bits per heavy atom. The Balaban J connectivity index is 3.22. The highest BCUT2D eigenvalue weighted by molar-refractivity contribution is 7.92. The lowest BCUT2D eigenvalue weighted by Crippen LogP contribution is -2.32. The highest BCUT2D eigenvalue weighted by atomic mass is 32.2. The van der Waals surface area contributed by atoms with E-state index < -0.39 is 15.8 Å². The summed E-state index contributed by atoms with van der Waals surface area (Å²) in [5, 5.41) is 0. The number of nitrogens with two attached hydrogens (primary N) is 1. The number of sulfonamides is 1. The smallest absolute Gasteiger partial charge is 0.234 e. The number of hydrogen-bond donors (Lipinski definition) is 1. The van der Waals surface area contributed by atoms with Gasteiger partial charge in [0, 0.05) is 13.1 Å². The molecule has 1 rings (SSSR count). The summed E-state index contributed by atoms with van der Waals surface area (Å²) in [6.07, 6.45) is 0. The molecule has 0 aliphatic rings. The van der Waals surface area contributed by atoms with Crippen molar-refractivity contribution in [2.45, 2.75) is 20.4 Å². The molecule has 0 unspecified atom stereocenters. The number of halogens is 1. The van der Waals surface area contributed by atoms with Crippen molar-refractivity contribution in [3.05, 3.63) is 29.6 Å². The predicted octanol–water partition coefficient (Wildman–Crippen LogP) is 1.46. The van der Waals surface area contributed by atoms with Gasteiger partial charge in [0.2, 0.25) is 10.0 Å². The Morgan fingerprint density at radius 3 is 2.41 bits per heavy atom. The van der Waals surface area contributed by atoms with E-state index in [0.29, 0.717) is 5.56 Å². The van der Waals surface area contributed by atoms with Gasteiger partial charge < -0.3 is 5.73 Å². The second-order valence-electron chi connectivity index (χ2n) is 3.56. The Hall–Kier alpha value is -1.14. The molecule has 0 heterocycles. The minimum absolute atomic E-state index is 0.0566. The lowest BCUT2D eigenvalue weighted by Gasteiger charge is -2.22. The fourth-order valence-electron chi connectivity index (χ4n) is 1.55. The van der Waals surface area contributed by atoms with Gasteiger partial charge in [-0.15, -0.1) is 0 Å². The van der Waals surface area contributed by atoms with E-state index in [9.17, 15) is 12.8 Å². The van der Waals surface area contributed by atoms with Crippen molar-refractivity contribution in [1.29, 1.82) is 0 Å². The normalized spacial score (nSPS) is 11.5. The van der Waals surface area contributed by atoms with Crippen LogP contribution < -0.4 is 10.0 Å². The van der Waals surface area contributed by atoms with Crippen LogP contribution in [0.15, 0.2) is 18.2 Å². The van der Waals surface area contributed by atoms with Crippen LogP contribution in [-0.4, -0.2) is 20.7 Å². The first kappa shape index (κ1) is 13.9. The Bertz CT molecular complexity index is 488. The third-order valence-corrected chi connectivity index (χ3v) is 4.36. The largest absolute Gasteiger partial charge is 0.326 e. The van der Waals surface area contributed by atoms with Crippen LogP contribution in [0.1, 0.15) is 19.4 Å². The third-order valence-electron chi connectivity index (χ3n) is 2.50. The number of rotatable bonds is 5. The van der Waals surface area contributed by atoms with Gasteiger partial charge in [-0.05, 0) is 31.5 Å². The van der Waals surface area contributed by atoms with Crippen LogP contribution >= 0.6 is 0 Å². The quantitative estimate of drug-likeness (QED) is 0.871. The first-order valence-electron chi connectivity index (χ1n) is 5.45. The van der Waals surface area contributed by atoms with Crippen molar-refractivity contribution >= 4 is 15.7 Å². The molecule has 0 atom stereocenters. The first-order chi connectivity index (χ1) is 7.96. The highest BCUT2D eigenvalue weighted by Crippen LogP contribution is 2.23. The summed E-state index contributed by atoms with van der Waals surface area (Å²) in [5.41, 5.74) is 6.10. The molecule has 17 heavy (non-hydrogen) atoms. The summed E-state index contributed by atoms with van der Waals surface area (Å²) in [4.78, 5) is 0. The van der Waals surface area contributed by atoms with Gasteiger partial charge in [0.15, 0.2) is 0 Å². The fraction of sp³-hybridized carbons (Fsp3) is 0.455. The molecular weight excluding hydrogens is 243 g/mol. The highest BCUT2D eigenvalue weighted by Gasteiger charge is 2.21. The van der Waals surface area contributed by atoms with Crippen LogP contribution in [0.5, 0.6) is 0 Å². The molecule has 0 radical (unpaired) electrons. The zero-order valence-corrected chi connectivity index (χ0v) is 10.8. The van der Waals surface area contributed by atoms with Gasteiger partial charge in [0.25, 0.3) is 0 Å². The van der Waals surface area contributed by atoms with Crippen molar-refractivity contribution < 1.29 is 12.8 Å². The summed E-state index contributed by atoms with van der Waals surface area (Å²) >= 11 is 0. The Kier molecular flexibility index (Phi) is 4.47. The second kappa shape index (κ2) is 5.46. The lowest BCUT2D eigenvalue weighted by molar-refractivity contribution is 0.587. The van der Waals surface area contributed by atoms with E-state index >= 15 is 0 Å². The maximum absolute atomic E-state index is 13.8. The molecule has 96 valence electrons. The molecule has 0 saturated carbocycles. The third kappa shape index (κ3) is 2.95. The summed E-state index contributed by atoms with van der Waals surface area (Å²) in [5.74, 6) is -0.620. The Labute approximate surface area is 101 Å². The van der Waals surface area contributed by atoms with Crippen LogP contribution in [0.4, 0.5) is 10.1 Å². The predicted molar refractivity (Wildman–Crippen MR) is 66.8 cm³/mol. The molecule has 0 fully saturated rings. The molecule has 1 aromatic carbocycles. The minimum Gasteiger partial charge on any atom is -0.326 e. The summed E-state index contributed by atoms with van der Waals surface area (Å²) in [6, 6.07) is 4.35. The van der Waals surface area contributed by atoms with Gasteiger partial charge in [-0.3, -0.25) is 4.31 Å². The maximum atomic E-state index is 13.8. The number of hydrogen-bond acceptors (Lipinski definition) is 3. The average molecular weight is 260 g/mol. The van der Waals surface area contributed by atoms with E-state index in [-0.39, 0.29) is 24.5 Å². The summed E-state index contributed by atoms with van der Waals surface area (Å²) < 4.78 is 38.4. The van der Waals surface area contributed by atoms with Crippen molar-refractivity contribution in [3.8, 4) is 0 Å². The van der Waals surface area contributed by atoms with Crippen LogP contribution in [0, 0.1) is 5.82 Å². The zero-order chi connectivity index (χ0) is 13.1. The molecule has 0 bridgehead atoms. The molecule has 1 aromatic rings. The van der Waals surface area contributed by atoms with Crippen LogP contribution in [0.3, 0.4) is 0 Å². The monoisotopic (exact) mass is 260 g/mol. The Morgan fingerprint density at radius 2 is 2.00 bits per heavy atom. The van der Waals surface area contributed by atoms with E-state index in [1.54, 1.807) is 13.0 Å². The van der Waals surface area contributed by atoms with E-state index in [4.69, 9.17) is 5.73 Å². The van der Waals surface area contributed by atoms with Crippen molar-refractivity contribution in [2.24, 2.45) is 5.73 Å². The van der Waals surface area contributed by atoms with Gasteiger partial charge >= 0.3 is 0 Å². The summed E-state index contributed by atoms with van der Waals surface area (Å²) in [7, 11) is -3.44.